The number of nitrogens with zero attached hydrogens (tertiary/aromatic N) is 3. The van der Waals surface area contributed by atoms with Crippen LogP contribution in [-0.2, 0) is 10.2 Å². The highest BCUT2D eigenvalue weighted by Gasteiger charge is 2.28. The zero-order valence-corrected chi connectivity index (χ0v) is 11.4. The molecule has 5 heteroatoms. The second kappa shape index (κ2) is 4.55. The maximum Gasteiger partial charge on any atom is 0.219 e. The average molecular weight is 248 g/mol. The van der Waals surface area contributed by atoms with E-state index in [1.807, 2.05) is 6.07 Å². The smallest absolute Gasteiger partial charge is 0.219 e. The number of amides is 1. The van der Waals surface area contributed by atoms with Crippen LogP contribution in [0.5, 0.6) is 0 Å². The Kier molecular flexibility index (Phi) is 3.24. The molecule has 2 rings (SSSR count). The number of nitrogens with one attached hydrogen (secondary N) is 1. The van der Waals surface area contributed by atoms with Gasteiger partial charge in [-0.2, -0.15) is 5.10 Å². The minimum Gasteiger partial charge on any atom is -0.362 e. The lowest BCUT2D eigenvalue weighted by atomic mass is 9.88. The van der Waals surface area contributed by atoms with E-state index in [2.05, 4.69) is 36.3 Å². The number of hydrogen-bond acceptors (Lipinski definition) is 4. The summed E-state index contributed by atoms with van der Waals surface area (Å²) in [5.74, 6) is 0.915. The molecule has 1 amide bonds. The van der Waals surface area contributed by atoms with E-state index in [4.69, 9.17) is 0 Å². The van der Waals surface area contributed by atoms with Crippen LogP contribution in [0.1, 0.15) is 33.3 Å². The first kappa shape index (κ1) is 12.8. The predicted molar refractivity (Wildman–Crippen MR) is 70.4 cm³/mol. The van der Waals surface area contributed by atoms with Crippen molar-refractivity contribution in [3.63, 3.8) is 0 Å². The maximum absolute atomic E-state index is 11.1. The minimum atomic E-state index is 0.0669. The van der Waals surface area contributed by atoms with Crippen molar-refractivity contribution in [2.24, 2.45) is 0 Å². The molecule has 5 nitrogen and oxygen atoms in total. The lowest BCUT2D eigenvalue weighted by Crippen LogP contribution is -2.56. The van der Waals surface area contributed by atoms with Gasteiger partial charge in [-0.1, -0.05) is 20.8 Å². The van der Waals surface area contributed by atoms with Gasteiger partial charge in [-0.3, -0.25) is 4.79 Å². The number of hydrogen-bond donors (Lipinski definition) is 1. The van der Waals surface area contributed by atoms with E-state index in [-0.39, 0.29) is 11.3 Å². The number of aromatic nitrogens is 2. The van der Waals surface area contributed by atoms with Gasteiger partial charge in [-0.05, 0) is 17.0 Å². The number of carbonyl (C=O) groups is 1. The van der Waals surface area contributed by atoms with Crippen molar-refractivity contribution in [3.8, 4) is 0 Å². The van der Waals surface area contributed by atoms with Crippen molar-refractivity contribution in [2.75, 3.05) is 18.4 Å². The Morgan fingerprint density at radius 3 is 2.67 bits per heavy atom. The van der Waals surface area contributed by atoms with Gasteiger partial charge in [0.2, 0.25) is 5.91 Å². The standard InChI is InChI=1S/C13H20N4O/c1-9(18)17-7-11(8-17)15-12-5-10(6-14-16-12)13(2,3)4/h5-6,11H,7-8H2,1-4H3,(H,15,16). The monoisotopic (exact) mass is 248 g/mol. The molecule has 1 fully saturated rings. The highest BCUT2D eigenvalue weighted by molar-refractivity contribution is 5.74. The zero-order valence-electron chi connectivity index (χ0n) is 11.4. The van der Waals surface area contributed by atoms with Crippen LogP contribution in [0.4, 0.5) is 5.82 Å². The van der Waals surface area contributed by atoms with Crippen LogP contribution in [0.3, 0.4) is 0 Å². The molecule has 1 aromatic rings. The van der Waals surface area contributed by atoms with Gasteiger partial charge in [0.15, 0.2) is 0 Å². The number of anilines is 1. The lowest BCUT2D eigenvalue weighted by Gasteiger charge is -2.39. The van der Waals surface area contributed by atoms with Crippen molar-refractivity contribution < 1.29 is 4.79 Å². The van der Waals surface area contributed by atoms with Crippen LogP contribution < -0.4 is 5.32 Å². The van der Waals surface area contributed by atoms with Crippen molar-refractivity contribution in [2.45, 2.75) is 39.2 Å². The van der Waals surface area contributed by atoms with Crippen molar-refractivity contribution in [1.29, 1.82) is 0 Å². The van der Waals surface area contributed by atoms with Gasteiger partial charge >= 0.3 is 0 Å². The van der Waals surface area contributed by atoms with E-state index < -0.39 is 0 Å². The SMILES string of the molecule is CC(=O)N1CC(Nc2cc(C(C)(C)C)cnn2)C1. The molecule has 18 heavy (non-hydrogen) atoms. The summed E-state index contributed by atoms with van der Waals surface area (Å²) >= 11 is 0. The van der Waals surface area contributed by atoms with E-state index in [1.54, 1.807) is 18.0 Å². The summed E-state index contributed by atoms with van der Waals surface area (Å²) in [5, 5.41) is 11.4. The van der Waals surface area contributed by atoms with Crippen molar-refractivity contribution >= 4 is 11.7 Å². The van der Waals surface area contributed by atoms with Gasteiger partial charge in [0.1, 0.15) is 5.82 Å². The molecule has 0 unspecified atom stereocenters. The third-order valence-electron chi connectivity index (χ3n) is 3.20. The van der Waals surface area contributed by atoms with Crippen LogP contribution in [0.2, 0.25) is 0 Å². The topological polar surface area (TPSA) is 58.1 Å². The molecule has 1 aliphatic heterocycles. The summed E-state index contributed by atoms with van der Waals surface area (Å²) in [6.07, 6.45) is 1.80. The van der Waals surface area contributed by atoms with Crippen LogP contribution in [0.25, 0.3) is 0 Å². The van der Waals surface area contributed by atoms with E-state index in [9.17, 15) is 4.79 Å². The van der Waals surface area contributed by atoms with Crippen molar-refractivity contribution in [3.05, 3.63) is 17.8 Å². The lowest BCUT2D eigenvalue weighted by molar-refractivity contribution is -0.132. The van der Waals surface area contributed by atoms with Gasteiger partial charge < -0.3 is 10.2 Å². The molecular formula is C13H20N4O. The third-order valence-corrected chi connectivity index (χ3v) is 3.20. The fourth-order valence-corrected chi connectivity index (χ4v) is 1.88. The largest absolute Gasteiger partial charge is 0.362 e. The summed E-state index contributed by atoms with van der Waals surface area (Å²) in [6.45, 7) is 9.53. The number of likely N-dealkylation sites (tertiary alicyclic amines) is 1. The van der Waals surface area contributed by atoms with E-state index >= 15 is 0 Å². The molecule has 0 bridgehead atoms. The first-order valence-electron chi connectivity index (χ1n) is 6.21. The van der Waals surface area contributed by atoms with Crippen LogP contribution in [-0.4, -0.2) is 40.1 Å². The minimum absolute atomic E-state index is 0.0669. The molecule has 0 atom stereocenters. The summed E-state index contributed by atoms with van der Waals surface area (Å²) in [6, 6.07) is 2.32. The zero-order chi connectivity index (χ0) is 13.3. The molecule has 1 saturated heterocycles. The molecule has 0 aromatic carbocycles. The van der Waals surface area contributed by atoms with Gasteiger partial charge in [0, 0.05) is 20.0 Å². The molecule has 1 N–H and O–H groups in total. The van der Waals surface area contributed by atoms with Crippen molar-refractivity contribution in [1.82, 2.24) is 15.1 Å². The van der Waals surface area contributed by atoms with Gasteiger partial charge in [-0.15, -0.1) is 5.10 Å². The second-order valence-electron chi connectivity index (χ2n) is 5.84. The molecule has 0 saturated carbocycles. The summed E-state index contributed by atoms with van der Waals surface area (Å²) in [5.41, 5.74) is 1.22. The Morgan fingerprint density at radius 1 is 1.44 bits per heavy atom. The van der Waals surface area contributed by atoms with E-state index in [1.165, 1.54) is 0 Å². The normalized spacial score (nSPS) is 16.3. The Labute approximate surface area is 108 Å². The summed E-state index contributed by atoms with van der Waals surface area (Å²) < 4.78 is 0. The number of rotatable bonds is 2. The summed E-state index contributed by atoms with van der Waals surface area (Å²) in [4.78, 5) is 12.9. The fraction of sp³-hybridized carbons (Fsp3) is 0.615. The molecule has 0 radical (unpaired) electrons. The second-order valence-corrected chi connectivity index (χ2v) is 5.84. The summed E-state index contributed by atoms with van der Waals surface area (Å²) in [7, 11) is 0. The highest BCUT2D eigenvalue weighted by Crippen LogP contribution is 2.23. The third kappa shape index (κ3) is 2.78. The Morgan fingerprint density at radius 2 is 2.11 bits per heavy atom. The van der Waals surface area contributed by atoms with Gasteiger partial charge in [0.05, 0.1) is 12.2 Å². The number of carbonyl (C=O) groups excluding carboxylic acids is 1. The van der Waals surface area contributed by atoms with Crippen LogP contribution in [0.15, 0.2) is 12.3 Å². The van der Waals surface area contributed by atoms with Gasteiger partial charge in [0.25, 0.3) is 0 Å². The fourth-order valence-electron chi connectivity index (χ4n) is 1.88. The first-order chi connectivity index (χ1) is 8.36. The predicted octanol–water partition coefficient (Wildman–Crippen LogP) is 1.42. The molecule has 1 aromatic heterocycles. The molecule has 2 heterocycles. The average Bonchev–Trinajstić information content (AvgIpc) is 2.21. The highest BCUT2D eigenvalue weighted by atomic mass is 16.2. The molecular weight excluding hydrogens is 228 g/mol. The molecule has 0 aliphatic carbocycles. The molecule has 0 spiro atoms. The van der Waals surface area contributed by atoms with Gasteiger partial charge in [-0.25, -0.2) is 0 Å². The first-order valence-corrected chi connectivity index (χ1v) is 6.21. The maximum atomic E-state index is 11.1. The van der Waals surface area contributed by atoms with Crippen LogP contribution in [0, 0.1) is 0 Å². The van der Waals surface area contributed by atoms with E-state index in [0.29, 0.717) is 6.04 Å². The van der Waals surface area contributed by atoms with E-state index in [0.717, 1.165) is 24.5 Å². The molecule has 1 aliphatic rings. The molecule has 98 valence electrons. The Hall–Kier alpha value is -1.65. The Balaban J connectivity index is 1.97. The van der Waals surface area contributed by atoms with Crippen LogP contribution >= 0.6 is 0 Å². The quantitative estimate of drug-likeness (QED) is 0.860. The Bertz CT molecular complexity index is 447.